The standard InChI is InChI=1S/C18H14ClF3N4O2/c19-17-6-16(14(22)7-23-17)28-13-8-25(9-13)18(27)26-15(1-2-24-26)10-3-11(20)5-12(21)4-10/h2-7,13,15H,1,8-9H2/t15-/m0/s1. The number of pyridine rings is 1. The molecule has 1 atom stereocenters. The van der Waals surface area contributed by atoms with Crippen LogP contribution in [0.1, 0.15) is 18.0 Å². The van der Waals surface area contributed by atoms with Gasteiger partial charge in [0.05, 0.1) is 25.3 Å². The molecule has 6 nitrogen and oxygen atoms in total. The zero-order valence-corrected chi connectivity index (χ0v) is 15.1. The number of carbonyl (C=O) groups excluding carboxylic acids is 1. The van der Waals surface area contributed by atoms with Crippen molar-refractivity contribution in [2.24, 2.45) is 5.10 Å². The highest BCUT2D eigenvalue weighted by Gasteiger charge is 2.39. The molecule has 0 bridgehead atoms. The minimum atomic E-state index is -0.718. The number of rotatable bonds is 3. The normalized spacial score (nSPS) is 19.1. The van der Waals surface area contributed by atoms with E-state index in [0.29, 0.717) is 12.0 Å². The predicted octanol–water partition coefficient (Wildman–Crippen LogP) is 3.77. The third kappa shape index (κ3) is 3.62. The fraction of sp³-hybridized carbons (Fsp3) is 0.278. The molecule has 0 saturated carbocycles. The molecule has 28 heavy (non-hydrogen) atoms. The van der Waals surface area contributed by atoms with E-state index in [0.717, 1.165) is 12.3 Å². The van der Waals surface area contributed by atoms with Gasteiger partial charge in [-0.1, -0.05) is 11.6 Å². The van der Waals surface area contributed by atoms with E-state index < -0.39 is 35.6 Å². The molecule has 146 valence electrons. The van der Waals surface area contributed by atoms with Gasteiger partial charge in [-0.3, -0.25) is 0 Å². The van der Waals surface area contributed by atoms with Crippen molar-refractivity contribution in [1.29, 1.82) is 0 Å². The summed E-state index contributed by atoms with van der Waals surface area (Å²) in [7, 11) is 0. The molecular formula is C18H14ClF3N4O2. The molecule has 1 aromatic heterocycles. The molecule has 0 unspecified atom stereocenters. The van der Waals surface area contributed by atoms with Crippen LogP contribution < -0.4 is 4.74 Å². The summed E-state index contributed by atoms with van der Waals surface area (Å²) in [5, 5.41) is 5.32. The first-order chi connectivity index (χ1) is 13.4. The number of carbonyl (C=O) groups is 1. The number of nitrogens with zero attached hydrogens (tertiary/aromatic N) is 4. The Labute approximate surface area is 163 Å². The van der Waals surface area contributed by atoms with E-state index in [1.54, 1.807) is 0 Å². The van der Waals surface area contributed by atoms with Crippen LogP contribution in [-0.4, -0.2) is 46.3 Å². The fourth-order valence-electron chi connectivity index (χ4n) is 3.12. The van der Waals surface area contributed by atoms with Crippen LogP contribution in [-0.2, 0) is 0 Å². The molecule has 10 heteroatoms. The molecule has 1 aromatic carbocycles. The van der Waals surface area contributed by atoms with Crippen LogP contribution in [0.3, 0.4) is 0 Å². The van der Waals surface area contributed by atoms with Gasteiger partial charge in [-0.15, -0.1) is 0 Å². The lowest BCUT2D eigenvalue weighted by Gasteiger charge is -2.41. The Hall–Kier alpha value is -2.81. The SMILES string of the molecule is O=C(N1CC(Oc2cc(Cl)ncc2F)C1)N1N=CC[C@H]1c1cc(F)cc(F)c1. The Kier molecular flexibility index (Phi) is 4.84. The Balaban J connectivity index is 1.40. The number of benzene rings is 1. The van der Waals surface area contributed by atoms with Crippen molar-refractivity contribution in [3.05, 3.63) is 58.6 Å². The number of halogens is 4. The molecule has 0 N–H and O–H groups in total. The summed E-state index contributed by atoms with van der Waals surface area (Å²) in [5.74, 6) is -2.12. The van der Waals surface area contributed by atoms with Gasteiger partial charge < -0.3 is 9.64 Å². The summed E-state index contributed by atoms with van der Waals surface area (Å²) < 4.78 is 46.2. The molecule has 0 radical (unpaired) electrons. The maximum atomic E-state index is 13.7. The van der Waals surface area contributed by atoms with Crippen molar-refractivity contribution in [1.82, 2.24) is 14.9 Å². The van der Waals surface area contributed by atoms with Crippen LogP contribution in [0.5, 0.6) is 5.75 Å². The summed E-state index contributed by atoms with van der Waals surface area (Å²) in [5.41, 5.74) is 0.324. The first-order valence-corrected chi connectivity index (χ1v) is 8.83. The monoisotopic (exact) mass is 410 g/mol. The average molecular weight is 411 g/mol. The lowest BCUT2D eigenvalue weighted by molar-refractivity contribution is 0.0256. The van der Waals surface area contributed by atoms with E-state index in [-0.39, 0.29) is 24.0 Å². The molecule has 2 aliphatic rings. The van der Waals surface area contributed by atoms with Crippen molar-refractivity contribution in [3.63, 3.8) is 0 Å². The first kappa shape index (κ1) is 18.5. The Morgan fingerprint density at radius 2 is 1.86 bits per heavy atom. The molecule has 2 aromatic rings. The summed E-state index contributed by atoms with van der Waals surface area (Å²) in [4.78, 5) is 17.8. The number of hydrogen-bond acceptors (Lipinski definition) is 4. The summed E-state index contributed by atoms with van der Waals surface area (Å²) in [6, 6.07) is 3.39. The van der Waals surface area contributed by atoms with Gasteiger partial charge in [0.25, 0.3) is 0 Å². The van der Waals surface area contributed by atoms with Crippen LogP contribution in [0.2, 0.25) is 5.15 Å². The second-order valence-electron chi connectivity index (χ2n) is 6.46. The molecule has 4 rings (SSSR count). The molecule has 0 aliphatic carbocycles. The molecule has 0 spiro atoms. The Morgan fingerprint density at radius 1 is 1.14 bits per heavy atom. The van der Waals surface area contributed by atoms with Gasteiger partial charge in [0.15, 0.2) is 11.6 Å². The van der Waals surface area contributed by atoms with Gasteiger partial charge in [-0.25, -0.2) is 28.0 Å². The van der Waals surface area contributed by atoms with Crippen LogP contribution >= 0.6 is 11.6 Å². The number of amides is 2. The molecule has 1 saturated heterocycles. The van der Waals surface area contributed by atoms with Crippen molar-refractivity contribution in [2.75, 3.05) is 13.1 Å². The van der Waals surface area contributed by atoms with E-state index in [2.05, 4.69) is 10.1 Å². The van der Waals surface area contributed by atoms with E-state index >= 15 is 0 Å². The average Bonchev–Trinajstić information content (AvgIpc) is 3.09. The second-order valence-corrected chi connectivity index (χ2v) is 6.85. The van der Waals surface area contributed by atoms with Crippen LogP contribution in [0.4, 0.5) is 18.0 Å². The number of hydrazone groups is 1. The van der Waals surface area contributed by atoms with E-state index in [4.69, 9.17) is 16.3 Å². The number of likely N-dealkylation sites (tertiary alicyclic amines) is 1. The number of hydrogen-bond donors (Lipinski definition) is 0. The maximum Gasteiger partial charge on any atom is 0.341 e. The van der Waals surface area contributed by atoms with Crippen molar-refractivity contribution < 1.29 is 22.7 Å². The maximum absolute atomic E-state index is 13.7. The predicted molar refractivity (Wildman–Crippen MR) is 94.6 cm³/mol. The second kappa shape index (κ2) is 7.31. The smallest absolute Gasteiger partial charge is 0.341 e. The first-order valence-electron chi connectivity index (χ1n) is 8.45. The third-order valence-electron chi connectivity index (χ3n) is 4.49. The summed E-state index contributed by atoms with van der Waals surface area (Å²) in [6.45, 7) is 0.433. The fourth-order valence-corrected chi connectivity index (χ4v) is 3.27. The van der Waals surface area contributed by atoms with Gasteiger partial charge in [0, 0.05) is 24.8 Å². The van der Waals surface area contributed by atoms with E-state index in [1.165, 1.54) is 34.3 Å². The Bertz CT molecular complexity index is 932. The van der Waals surface area contributed by atoms with Crippen LogP contribution in [0.25, 0.3) is 0 Å². The molecule has 3 heterocycles. The highest BCUT2D eigenvalue weighted by Crippen LogP contribution is 2.32. The topological polar surface area (TPSA) is 58.0 Å². The largest absolute Gasteiger partial charge is 0.483 e. The lowest BCUT2D eigenvalue weighted by Crippen LogP contribution is -2.58. The summed E-state index contributed by atoms with van der Waals surface area (Å²) in [6.07, 6.45) is 2.42. The van der Waals surface area contributed by atoms with Crippen LogP contribution in [0.15, 0.2) is 35.6 Å². The minimum absolute atomic E-state index is 0.0376. The summed E-state index contributed by atoms with van der Waals surface area (Å²) >= 11 is 5.72. The number of urea groups is 1. The molecule has 2 aliphatic heterocycles. The zero-order valence-electron chi connectivity index (χ0n) is 14.4. The van der Waals surface area contributed by atoms with E-state index in [9.17, 15) is 18.0 Å². The van der Waals surface area contributed by atoms with Crippen molar-refractivity contribution >= 4 is 23.8 Å². The van der Waals surface area contributed by atoms with Gasteiger partial charge in [0.1, 0.15) is 22.9 Å². The van der Waals surface area contributed by atoms with Crippen molar-refractivity contribution in [2.45, 2.75) is 18.6 Å². The van der Waals surface area contributed by atoms with Crippen LogP contribution in [0, 0.1) is 17.5 Å². The zero-order chi connectivity index (χ0) is 19.8. The van der Waals surface area contributed by atoms with Gasteiger partial charge in [0.2, 0.25) is 0 Å². The van der Waals surface area contributed by atoms with Gasteiger partial charge in [-0.2, -0.15) is 5.10 Å². The van der Waals surface area contributed by atoms with Crippen molar-refractivity contribution in [3.8, 4) is 5.75 Å². The highest BCUT2D eigenvalue weighted by molar-refractivity contribution is 6.29. The molecule has 1 fully saturated rings. The van der Waals surface area contributed by atoms with E-state index in [1.807, 2.05) is 0 Å². The lowest BCUT2D eigenvalue weighted by atomic mass is 10.0. The third-order valence-corrected chi connectivity index (χ3v) is 4.70. The minimum Gasteiger partial charge on any atom is -0.483 e. The number of aromatic nitrogens is 1. The quantitative estimate of drug-likeness (QED) is 0.724. The van der Waals surface area contributed by atoms with Gasteiger partial charge in [-0.05, 0) is 17.7 Å². The molecule has 2 amide bonds. The Morgan fingerprint density at radius 3 is 2.57 bits per heavy atom. The van der Waals surface area contributed by atoms with Gasteiger partial charge >= 0.3 is 6.03 Å². The number of ether oxygens (including phenoxy) is 1. The molecular weight excluding hydrogens is 397 g/mol. The highest BCUT2D eigenvalue weighted by atomic mass is 35.5.